The fraction of sp³-hybridized carbons (Fsp3) is 0.818. The van der Waals surface area contributed by atoms with Crippen LogP contribution >= 0.6 is 0 Å². The molecule has 1 unspecified atom stereocenters. The minimum atomic E-state index is 0.707. The van der Waals surface area contributed by atoms with Gasteiger partial charge < -0.3 is 5.32 Å². The third-order valence-corrected chi connectivity index (χ3v) is 2.88. The van der Waals surface area contributed by atoms with Gasteiger partial charge in [-0.05, 0) is 40.3 Å². The van der Waals surface area contributed by atoms with Crippen molar-refractivity contribution < 1.29 is 0 Å². The molecular formula is C11H22N2. The van der Waals surface area contributed by atoms with Gasteiger partial charge in [-0.2, -0.15) is 0 Å². The average Bonchev–Trinajstić information content (AvgIpc) is 2.18. The number of likely N-dealkylation sites (N-methyl/N-ethyl adjacent to an activating group) is 1. The first-order valence-electron chi connectivity index (χ1n) is 5.27. The van der Waals surface area contributed by atoms with Crippen LogP contribution in [-0.2, 0) is 0 Å². The molecule has 1 aliphatic heterocycles. The molecule has 1 heterocycles. The van der Waals surface area contributed by atoms with Crippen LogP contribution in [-0.4, -0.2) is 37.6 Å². The molecule has 13 heavy (non-hydrogen) atoms. The number of piperidine rings is 1. The van der Waals surface area contributed by atoms with Gasteiger partial charge in [0.05, 0.1) is 0 Å². The van der Waals surface area contributed by atoms with Crippen molar-refractivity contribution in [1.29, 1.82) is 0 Å². The van der Waals surface area contributed by atoms with E-state index in [1.54, 1.807) is 0 Å². The highest BCUT2D eigenvalue weighted by Gasteiger charge is 2.17. The predicted molar refractivity (Wildman–Crippen MR) is 58.0 cm³/mol. The van der Waals surface area contributed by atoms with Gasteiger partial charge in [0.2, 0.25) is 0 Å². The third kappa shape index (κ3) is 3.49. The van der Waals surface area contributed by atoms with Crippen molar-refractivity contribution in [3.05, 3.63) is 11.6 Å². The number of hydrogen-bond donors (Lipinski definition) is 1. The van der Waals surface area contributed by atoms with Crippen LogP contribution in [0.4, 0.5) is 0 Å². The zero-order chi connectivity index (χ0) is 9.68. The molecule has 1 aliphatic rings. The van der Waals surface area contributed by atoms with Gasteiger partial charge in [-0.15, -0.1) is 0 Å². The molecule has 1 fully saturated rings. The monoisotopic (exact) mass is 182 g/mol. The highest BCUT2D eigenvalue weighted by Crippen LogP contribution is 2.11. The van der Waals surface area contributed by atoms with Crippen LogP contribution in [0.2, 0.25) is 0 Å². The fourth-order valence-electron chi connectivity index (χ4n) is 1.88. The Kier molecular flexibility index (Phi) is 4.46. The van der Waals surface area contributed by atoms with Crippen molar-refractivity contribution in [2.24, 2.45) is 0 Å². The molecule has 2 nitrogen and oxygen atoms in total. The minimum Gasteiger partial charge on any atom is -0.316 e. The van der Waals surface area contributed by atoms with E-state index in [-0.39, 0.29) is 0 Å². The highest BCUT2D eigenvalue weighted by molar-refractivity contribution is 4.99. The molecule has 0 aromatic rings. The Morgan fingerprint density at radius 2 is 2.38 bits per heavy atom. The Hall–Kier alpha value is -0.340. The van der Waals surface area contributed by atoms with E-state index in [9.17, 15) is 0 Å². The van der Waals surface area contributed by atoms with Gasteiger partial charge in [-0.1, -0.05) is 11.6 Å². The molecule has 0 amide bonds. The Morgan fingerprint density at radius 3 is 3.00 bits per heavy atom. The number of nitrogens with one attached hydrogen (secondary N) is 1. The van der Waals surface area contributed by atoms with Crippen molar-refractivity contribution in [2.45, 2.75) is 32.7 Å². The molecule has 0 aliphatic carbocycles. The summed E-state index contributed by atoms with van der Waals surface area (Å²) in [7, 11) is 2.07. The zero-order valence-corrected chi connectivity index (χ0v) is 9.14. The number of allylic oxidation sites excluding steroid dienone is 1. The zero-order valence-electron chi connectivity index (χ0n) is 9.14. The quantitative estimate of drug-likeness (QED) is 0.667. The second kappa shape index (κ2) is 5.40. The lowest BCUT2D eigenvalue weighted by Gasteiger charge is -2.32. The summed E-state index contributed by atoms with van der Waals surface area (Å²) in [5.41, 5.74) is 1.48. The lowest BCUT2D eigenvalue weighted by atomic mass is 10.1. The van der Waals surface area contributed by atoms with Crippen molar-refractivity contribution >= 4 is 0 Å². The Balaban J connectivity index is 2.34. The van der Waals surface area contributed by atoms with Crippen LogP contribution in [0.3, 0.4) is 0 Å². The standard InChI is InChI=1S/C11H22N2/c1-4-10(2)8-13-7-5-6-11(9-13)12-3/h4,11-12H,5-9H2,1-3H3/b10-4+. The van der Waals surface area contributed by atoms with E-state index in [2.05, 4.69) is 37.2 Å². The van der Waals surface area contributed by atoms with E-state index >= 15 is 0 Å². The summed E-state index contributed by atoms with van der Waals surface area (Å²) in [6.45, 7) is 7.96. The second-order valence-corrected chi connectivity index (χ2v) is 4.00. The van der Waals surface area contributed by atoms with E-state index in [0.29, 0.717) is 6.04 Å². The number of hydrogen-bond acceptors (Lipinski definition) is 2. The molecule has 2 heteroatoms. The summed E-state index contributed by atoms with van der Waals surface area (Å²) in [6.07, 6.45) is 4.88. The smallest absolute Gasteiger partial charge is 0.0192 e. The van der Waals surface area contributed by atoms with Gasteiger partial charge >= 0.3 is 0 Å². The molecule has 76 valence electrons. The van der Waals surface area contributed by atoms with Gasteiger partial charge in [0, 0.05) is 19.1 Å². The summed E-state index contributed by atoms with van der Waals surface area (Å²) >= 11 is 0. The van der Waals surface area contributed by atoms with Crippen LogP contribution in [0.25, 0.3) is 0 Å². The lowest BCUT2D eigenvalue weighted by Crippen LogP contribution is -2.44. The molecular weight excluding hydrogens is 160 g/mol. The number of likely N-dealkylation sites (tertiary alicyclic amines) is 1. The van der Waals surface area contributed by atoms with Gasteiger partial charge in [0.1, 0.15) is 0 Å². The Bertz CT molecular complexity index is 175. The van der Waals surface area contributed by atoms with Crippen molar-refractivity contribution in [3.8, 4) is 0 Å². The number of rotatable bonds is 3. The molecule has 0 bridgehead atoms. The molecule has 1 N–H and O–H groups in total. The van der Waals surface area contributed by atoms with Crippen LogP contribution in [0.5, 0.6) is 0 Å². The SMILES string of the molecule is C/C=C(\C)CN1CCCC(NC)C1. The molecule has 1 rings (SSSR count). The van der Waals surface area contributed by atoms with Crippen molar-refractivity contribution in [2.75, 3.05) is 26.7 Å². The van der Waals surface area contributed by atoms with Gasteiger partial charge in [0.25, 0.3) is 0 Å². The average molecular weight is 182 g/mol. The maximum absolute atomic E-state index is 3.36. The largest absolute Gasteiger partial charge is 0.316 e. The molecule has 0 spiro atoms. The first-order valence-corrected chi connectivity index (χ1v) is 5.27. The van der Waals surface area contributed by atoms with Crippen molar-refractivity contribution in [1.82, 2.24) is 10.2 Å². The normalized spacial score (nSPS) is 26.4. The van der Waals surface area contributed by atoms with E-state index in [0.717, 1.165) is 6.54 Å². The molecule has 0 aromatic heterocycles. The third-order valence-electron chi connectivity index (χ3n) is 2.88. The Labute approximate surface area is 82.0 Å². The van der Waals surface area contributed by atoms with Crippen LogP contribution in [0.1, 0.15) is 26.7 Å². The number of nitrogens with zero attached hydrogens (tertiary/aromatic N) is 1. The maximum atomic E-state index is 3.36. The van der Waals surface area contributed by atoms with Crippen LogP contribution < -0.4 is 5.32 Å². The molecule has 0 aromatic carbocycles. The maximum Gasteiger partial charge on any atom is 0.0192 e. The van der Waals surface area contributed by atoms with Gasteiger partial charge in [-0.3, -0.25) is 4.90 Å². The topological polar surface area (TPSA) is 15.3 Å². The summed E-state index contributed by atoms with van der Waals surface area (Å²) < 4.78 is 0. The summed E-state index contributed by atoms with van der Waals surface area (Å²) in [5.74, 6) is 0. The first kappa shape index (κ1) is 10.7. The molecule has 0 saturated carbocycles. The first-order chi connectivity index (χ1) is 6.26. The highest BCUT2D eigenvalue weighted by atomic mass is 15.2. The van der Waals surface area contributed by atoms with E-state index in [4.69, 9.17) is 0 Å². The predicted octanol–water partition coefficient (Wildman–Crippen LogP) is 1.64. The summed E-state index contributed by atoms with van der Waals surface area (Å²) in [4.78, 5) is 2.54. The lowest BCUT2D eigenvalue weighted by molar-refractivity contribution is 0.209. The van der Waals surface area contributed by atoms with E-state index in [1.165, 1.54) is 31.5 Å². The molecule has 1 atom stereocenters. The minimum absolute atomic E-state index is 0.707. The summed E-state index contributed by atoms with van der Waals surface area (Å²) in [5, 5.41) is 3.36. The van der Waals surface area contributed by atoms with Gasteiger partial charge in [0.15, 0.2) is 0 Å². The second-order valence-electron chi connectivity index (χ2n) is 4.00. The van der Waals surface area contributed by atoms with Crippen molar-refractivity contribution in [3.63, 3.8) is 0 Å². The van der Waals surface area contributed by atoms with Crippen LogP contribution in [0, 0.1) is 0 Å². The van der Waals surface area contributed by atoms with E-state index in [1.807, 2.05) is 0 Å². The van der Waals surface area contributed by atoms with Gasteiger partial charge in [-0.25, -0.2) is 0 Å². The van der Waals surface area contributed by atoms with Crippen LogP contribution in [0.15, 0.2) is 11.6 Å². The fourth-order valence-corrected chi connectivity index (χ4v) is 1.88. The Morgan fingerprint density at radius 1 is 1.62 bits per heavy atom. The molecule has 0 radical (unpaired) electrons. The molecule has 1 saturated heterocycles. The summed E-state index contributed by atoms with van der Waals surface area (Å²) in [6, 6.07) is 0.707. The van der Waals surface area contributed by atoms with E-state index < -0.39 is 0 Å².